The molecule has 19 heavy (non-hydrogen) atoms. The average Bonchev–Trinajstić information content (AvgIpc) is 2.97. The van der Waals surface area contributed by atoms with Gasteiger partial charge in [0.1, 0.15) is 5.75 Å². The molecule has 0 spiro atoms. The van der Waals surface area contributed by atoms with Crippen LogP contribution in [0.3, 0.4) is 0 Å². The maximum Gasteiger partial charge on any atom is 0.210 e. The molecule has 4 nitrogen and oxygen atoms in total. The molecule has 0 bridgehead atoms. The van der Waals surface area contributed by atoms with Crippen LogP contribution in [0, 0.1) is 0 Å². The Balaban J connectivity index is 1.84. The summed E-state index contributed by atoms with van der Waals surface area (Å²) in [5.74, 6) is 0.836. The van der Waals surface area contributed by atoms with Crippen molar-refractivity contribution in [3.05, 3.63) is 29.8 Å². The van der Waals surface area contributed by atoms with E-state index in [2.05, 4.69) is 4.90 Å². The molecule has 1 saturated heterocycles. The third kappa shape index (κ3) is 4.24. The van der Waals surface area contributed by atoms with Gasteiger partial charge in [0.05, 0.1) is 7.11 Å². The molecular weight excluding hydrogens is 240 g/mol. The minimum Gasteiger partial charge on any atom is -0.497 e. The fraction of sp³-hybridized carbons (Fsp3) is 0.533. The van der Waals surface area contributed by atoms with Crippen molar-refractivity contribution in [3.8, 4) is 5.75 Å². The van der Waals surface area contributed by atoms with Crippen LogP contribution in [0.25, 0.3) is 0 Å². The van der Waals surface area contributed by atoms with E-state index in [9.17, 15) is 4.79 Å². The topological polar surface area (TPSA) is 32.8 Å². The smallest absolute Gasteiger partial charge is 0.210 e. The van der Waals surface area contributed by atoms with E-state index in [1.165, 1.54) is 25.9 Å². The highest BCUT2D eigenvalue weighted by atomic mass is 16.5. The number of amides is 1. The molecule has 2 rings (SSSR count). The van der Waals surface area contributed by atoms with Gasteiger partial charge in [0.25, 0.3) is 0 Å². The Labute approximate surface area is 115 Å². The number of nitrogens with zero attached hydrogens (tertiary/aromatic N) is 2. The minimum absolute atomic E-state index is 0.647. The van der Waals surface area contributed by atoms with Gasteiger partial charge in [-0.15, -0.1) is 0 Å². The third-order valence-electron chi connectivity index (χ3n) is 3.57. The summed E-state index contributed by atoms with van der Waals surface area (Å²) < 4.78 is 5.20. The second kappa shape index (κ2) is 7.14. The van der Waals surface area contributed by atoms with Crippen molar-refractivity contribution in [3.63, 3.8) is 0 Å². The molecule has 1 aliphatic rings. The van der Waals surface area contributed by atoms with E-state index in [-0.39, 0.29) is 0 Å². The first-order valence-corrected chi connectivity index (χ1v) is 6.86. The molecule has 1 aromatic carbocycles. The van der Waals surface area contributed by atoms with Gasteiger partial charge in [0.2, 0.25) is 6.41 Å². The van der Waals surface area contributed by atoms with Gasteiger partial charge < -0.3 is 14.5 Å². The fourth-order valence-corrected chi connectivity index (χ4v) is 2.45. The predicted octanol–water partition coefficient (Wildman–Crippen LogP) is 1.75. The van der Waals surface area contributed by atoms with Crippen LogP contribution in [-0.4, -0.2) is 49.5 Å². The summed E-state index contributed by atoms with van der Waals surface area (Å²) in [6, 6.07) is 7.87. The van der Waals surface area contributed by atoms with Crippen molar-refractivity contribution in [2.45, 2.75) is 19.4 Å². The molecule has 1 fully saturated rings. The molecule has 0 atom stereocenters. The molecule has 0 N–H and O–H groups in total. The summed E-state index contributed by atoms with van der Waals surface area (Å²) in [7, 11) is 1.66. The summed E-state index contributed by atoms with van der Waals surface area (Å²) in [4.78, 5) is 15.4. The number of ether oxygens (including phenoxy) is 1. The Bertz CT molecular complexity index is 403. The number of carbonyl (C=O) groups is 1. The van der Waals surface area contributed by atoms with E-state index in [0.29, 0.717) is 6.54 Å². The normalized spacial score (nSPS) is 15.4. The van der Waals surface area contributed by atoms with Crippen LogP contribution in [0.15, 0.2) is 24.3 Å². The van der Waals surface area contributed by atoms with Gasteiger partial charge in [-0.3, -0.25) is 4.79 Å². The summed E-state index contributed by atoms with van der Waals surface area (Å²) in [6.45, 7) is 4.76. The van der Waals surface area contributed by atoms with Crippen LogP contribution in [0.5, 0.6) is 5.75 Å². The maximum absolute atomic E-state index is 11.1. The second-order valence-corrected chi connectivity index (χ2v) is 4.98. The third-order valence-corrected chi connectivity index (χ3v) is 3.57. The van der Waals surface area contributed by atoms with E-state index in [4.69, 9.17) is 4.74 Å². The first kappa shape index (κ1) is 13.9. The van der Waals surface area contributed by atoms with Crippen LogP contribution in [0.2, 0.25) is 0 Å². The number of methoxy groups -OCH3 is 1. The van der Waals surface area contributed by atoms with E-state index >= 15 is 0 Å². The van der Waals surface area contributed by atoms with Crippen molar-refractivity contribution in [2.75, 3.05) is 33.3 Å². The largest absolute Gasteiger partial charge is 0.497 e. The average molecular weight is 262 g/mol. The lowest BCUT2D eigenvalue weighted by Gasteiger charge is -2.21. The SMILES string of the molecule is COc1cccc(CN(C=O)CCN2CCCC2)c1. The molecule has 0 aliphatic carbocycles. The second-order valence-electron chi connectivity index (χ2n) is 4.98. The van der Waals surface area contributed by atoms with Gasteiger partial charge >= 0.3 is 0 Å². The summed E-state index contributed by atoms with van der Waals surface area (Å²) in [5, 5.41) is 0. The number of rotatable bonds is 7. The summed E-state index contributed by atoms with van der Waals surface area (Å²) in [6.07, 6.45) is 3.52. The fourth-order valence-electron chi connectivity index (χ4n) is 2.45. The van der Waals surface area contributed by atoms with Crippen LogP contribution < -0.4 is 4.74 Å². The zero-order chi connectivity index (χ0) is 13.5. The predicted molar refractivity (Wildman–Crippen MR) is 75.1 cm³/mol. The number of hydrogen-bond acceptors (Lipinski definition) is 3. The van der Waals surface area contributed by atoms with Crippen molar-refractivity contribution in [1.29, 1.82) is 0 Å². The lowest BCUT2D eigenvalue weighted by Crippen LogP contribution is -2.32. The van der Waals surface area contributed by atoms with Crippen molar-refractivity contribution in [1.82, 2.24) is 9.80 Å². The lowest BCUT2D eigenvalue weighted by atomic mass is 10.2. The number of hydrogen-bond donors (Lipinski definition) is 0. The molecule has 1 aromatic rings. The van der Waals surface area contributed by atoms with Gasteiger partial charge in [-0.2, -0.15) is 0 Å². The van der Waals surface area contributed by atoms with Crippen molar-refractivity contribution in [2.24, 2.45) is 0 Å². The van der Waals surface area contributed by atoms with Crippen molar-refractivity contribution < 1.29 is 9.53 Å². The van der Waals surface area contributed by atoms with Crippen LogP contribution in [-0.2, 0) is 11.3 Å². The maximum atomic E-state index is 11.1. The van der Waals surface area contributed by atoms with E-state index in [0.717, 1.165) is 30.8 Å². The highest BCUT2D eigenvalue weighted by molar-refractivity contribution is 5.47. The Morgan fingerprint density at radius 1 is 1.37 bits per heavy atom. The first-order valence-electron chi connectivity index (χ1n) is 6.86. The summed E-state index contributed by atoms with van der Waals surface area (Å²) in [5.41, 5.74) is 1.10. The molecule has 0 saturated carbocycles. The highest BCUT2D eigenvalue weighted by Crippen LogP contribution is 2.14. The molecule has 4 heteroatoms. The molecule has 1 heterocycles. The monoisotopic (exact) mass is 262 g/mol. The first-order chi connectivity index (χ1) is 9.31. The Morgan fingerprint density at radius 3 is 2.84 bits per heavy atom. The quantitative estimate of drug-likeness (QED) is 0.702. The molecule has 0 radical (unpaired) electrons. The number of carbonyl (C=O) groups excluding carboxylic acids is 1. The van der Waals surface area contributed by atoms with Gasteiger partial charge in [0.15, 0.2) is 0 Å². The Hall–Kier alpha value is -1.55. The Morgan fingerprint density at radius 2 is 2.16 bits per heavy atom. The standard InChI is InChI=1S/C15H22N2O2/c1-19-15-6-4-5-14(11-15)12-17(13-18)10-9-16-7-2-3-8-16/h4-6,11,13H,2-3,7-10,12H2,1H3. The molecule has 1 amide bonds. The molecule has 0 aromatic heterocycles. The van der Waals surface area contributed by atoms with Crippen LogP contribution in [0.1, 0.15) is 18.4 Å². The van der Waals surface area contributed by atoms with Crippen molar-refractivity contribution >= 4 is 6.41 Å². The molecule has 0 unspecified atom stereocenters. The molecular formula is C15H22N2O2. The Kier molecular flexibility index (Phi) is 5.21. The van der Waals surface area contributed by atoms with Crippen LogP contribution >= 0.6 is 0 Å². The van der Waals surface area contributed by atoms with Gasteiger partial charge in [-0.25, -0.2) is 0 Å². The van der Waals surface area contributed by atoms with E-state index < -0.39 is 0 Å². The van der Waals surface area contributed by atoms with Gasteiger partial charge in [-0.1, -0.05) is 12.1 Å². The molecule has 104 valence electrons. The van der Waals surface area contributed by atoms with E-state index in [1.54, 1.807) is 7.11 Å². The zero-order valence-electron chi connectivity index (χ0n) is 11.5. The lowest BCUT2D eigenvalue weighted by molar-refractivity contribution is -0.118. The van der Waals surface area contributed by atoms with Gasteiger partial charge in [0, 0.05) is 19.6 Å². The van der Waals surface area contributed by atoms with Gasteiger partial charge in [-0.05, 0) is 43.6 Å². The van der Waals surface area contributed by atoms with E-state index in [1.807, 2.05) is 29.2 Å². The molecule has 1 aliphatic heterocycles. The minimum atomic E-state index is 0.647. The zero-order valence-corrected chi connectivity index (χ0v) is 11.5. The number of likely N-dealkylation sites (tertiary alicyclic amines) is 1. The number of benzene rings is 1. The highest BCUT2D eigenvalue weighted by Gasteiger charge is 2.12. The summed E-state index contributed by atoms with van der Waals surface area (Å²) >= 11 is 0. The van der Waals surface area contributed by atoms with Crippen LogP contribution in [0.4, 0.5) is 0 Å².